The van der Waals surface area contributed by atoms with E-state index in [0.717, 1.165) is 6.08 Å². The third-order valence-electron chi connectivity index (χ3n) is 3.31. The molecule has 0 N–H and O–H groups in total. The zero-order valence-corrected chi connectivity index (χ0v) is 10.8. The number of allylic oxidation sites excluding steroid dienone is 2. The molecule has 0 unspecified atom stereocenters. The highest BCUT2D eigenvalue weighted by Crippen LogP contribution is 2.27. The summed E-state index contributed by atoms with van der Waals surface area (Å²) in [6.45, 7) is 0. The van der Waals surface area contributed by atoms with Crippen molar-refractivity contribution in [2.75, 3.05) is 0 Å². The summed E-state index contributed by atoms with van der Waals surface area (Å²) in [7, 11) is 0. The number of benzene rings is 2. The second-order valence-electron chi connectivity index (χ2n) is 4.63. The van der Waals surface area contributed by atoms with Gasteiger partial charge in [0.2, 0.25) is 11.6 Å². The molecule has 0 aromatic heterocycles. The molecule has 0 aliphatic heterocycles. The summed E-state index contributed by atoms with van der Waals surface area (Å²) in [6.07, 6.45) is 1.05. The quantitative estimate of drug-likeness (QED) is 0.628. The van der Waals surface area contributed by atoms with Gasteiger partial charge in [-0.2, -0.15) is 0 Å². The fourth-order valence-electron chi connectivity index (χ4n) is 2.27. The van der Waals surface area contributed by atoms with E-state index in [4.69, 9.17) is 0 Å². The van der Waals surface area contributed by atoms with Gasteiger partial charge in [-0.05, 0) is 29.8 Å². The molecule has 0 heterocycles. The Bertz CT molecular complexity index is 801. The van der Waals surface area contributed by atoms with E-state index >= 15 is 0 Å². The molecule has 0 fully saturated rings. The lowest BCUT2D eigenvalue weighted by atomic mass is 9.85. The van der Waals surface area contributed by atoms with Gasteiger partial charge in [0.15, 0.2) is 5.78 Å². The predicted octanol–water partition coefficient (Wildman–Crippen LogP) is 2.86. The van der Waals surface area contributed by atoms with Crippen LogP contribution in [-0.2, 0) is 4.79 Å². The van der Waals surface area contributed by atoms with E-state index < -0.39 is 23.2 Å². The average molecular weight is 280 g/mol. The van der Waals surface area contributed by atoms with E-state index in [1.54, 1.807) is 18.2 Å². The number of ketones is 3. The van der Waals surface area contributed by atoms with Crippen LogP contribution in [0, 0.1) is 5.82 Å². The topological polar surface area (TPSA) is 51.2 Å². The van der Waals surface area contributed by atoms with Gasteiger partial charge in [0.25, 0.3) is 0 Å². The normalized spacial score (nSPS) is 13.7. The highest BCUT2D eigenvalue weighted by atomic mass is 19.1. The van der Waals surface area contributed by atoms with Gasteiger partial charge in [-0.3, -0.25) is 14.4 Å². The van der Waals surface area contributed by atoms with Crippen molar-refractivity contribution >= 4 is 22.9 Å². The molecule has 0 amide bonds. The van der Waals surface area contributed by atoms with Gasteiger partial charge < -0.3 is 0 Å². The minimum absolute atomic E-state index is 0.154. The predicted molar refractivity (Wildman–Crippen MR) is 74.5 cm³/mol. The molecule has 3 nitrogen and oxygen atoms in total. The minimum atomic E-state index is -0.723. The fourth-order valence-corrected chi connectivity index (χ4v) is 2.27. The molecule has 1 aliphatic carbocycles. The maximum absolute atomic E-state index is 12.9. The van der Waals surface area contributed by atoms with Crippen molar-refractivity contribution in [1.29, 1.82) is 0 Å². The van der Waals surface area contributed by atoms with Crippen molar-refractivity contribution in [3.05, 3.63) is 77.1 Å². The summed E-state index contributed by atoms with van der Waals surface area (Å²) in [6, 6.07) is 11.5. The van der Waals surface area contributed by atoms with Gasteiger partial charge in [0.1, 0.15) is 5.82 Å². The third-order valence-corrected chi connectivity index (χ3v) is 3.31. The van der Waals surface area contributed by atoms with Crippen LogP contribution >= 0.6 is 0 Å². The number of carbonyl (C=O) groups excluding carboxylic acids is 3. The van der Waals surface area contributed by atoms with Crippen LogP contribution in [0.3, 0.4) is 0 Å². The van der Waals surface area contributed by atoms with E-state index in [9.17, 15) is 18.8 Å². The summed E-state index contributed by atoms with van der Waals surface area (Å²) in [5, 5.41) is 0. The highest BCUT2D eigenvalue weighted by Gasteiger charge is 2.28. The molecule has 0 spiro atoms. The maximum atomic E-state index is 12.9. The molecule has 4 heteroatoms. The molecule has 0 bridgehead atoms. The lowest BCUT2D eigenvalue weighted by Crippen LogP contribution is -2.21. The molecule has 0 radical (unpaired) electrons. The van der Waals surface area contributed by atoms with Crippen LogP contribution in [0.4, 0.5) is 4.39 Å². The van der Waals surface area contributed by atoms with Crippen LogP contribution in [0.15, 0.2) is 54.6 Å². The standard InChI is InChI=1S/C17H9FO3/c18-11-7-5-10(6-8-11)16(20)14-9-15(19)17(21)13-4-2-1-3-12(13)14/h1-9H. The summed E-state index contributed by atoms with van der Waals surface area (Å²) >= 11 is 0. The van der Waals surface area contributed by atoms with Crippen molar-refractivity contribution < 1.29 is 18.8 Å². The van der Waals surface area contributed by atoms with Gasteiger partial charge in [0.05, 0.1) is 0 Å². The summed E-state index contributed by atoms with van der Waals surface area (Å²) in [5.41, 5.74) is 1.06. The Balaban J connectivity index is 2.11. The molecule has 0 atom stereocenters. The molecule has 3 rings (SSSR count). The zero-order chi connectivity index (χ0) is 15.0. The van der Waals surface area contributed by atoms with E-state index in [1.165, 1.54) is 30.3 Å². The van der Waals surface area contributed by atoms with Crippen molar-refractivity contribution in [3.8, 4) is 0 Å². The molecular formula is C17H9FO3. The van der Waals surface area contributed by atoms with Crippen molar-refractivity contribution in [2.45, 2.75) is 0 Å². The molecule has 102 valence electrons. The second kappa shape index (κ2) is 4.90. The summed E-state index contributed by atoms with van der Waals surface area (Å²) in [4.78, 5) is 36.0. The van der Waals surface area contributed by atoms with Gasteiger partial charge >= 0.3 is 0 Å². The van der Waals surface area contributed by atoms with E-state index in [0.29, 0.717) is 5.56 Å². The summed E-state index contributed by atoms with van der Waals surface area (Å²) < 4.78 is 12.9. The maximum Gasteiger partial charge on any atom is 0.233 e. The molecule has 2 aromatic rings. The van der Waals surface area contributed by atoms with E-state index in [-0.39, 0.29) is 16.7 Å². The number of halogens is 1. The van der Waals surface area contributed by atoms with Gasteiger partial charge in [-0.15, -0.1) is 0 Å². The van der Waals surface area contributed by atoms with Crippen molar-refractivity contribution in [2.24, 2.45) is 0 Å². The number of Topliss-reactive ketones (excluding diaryl/α,β-unsaturated/α-hetero) is 2. The van der Waals surface area contributed by atoms with Crippen molar-refractivity contribution in [3.63, 3.8) is 0 Å². The van der Waals surface area contributed by atoms with Crippen LogP contribution < -0.4 is 0 Å². The molecule has 0 saturated heterocycles. The Kier molecular flexibility index (Phi) is 3.06. The Morgan fingerprint density at radius 1 is 0.857 bits per heavy atom. The SMILES string of the molecule is O=C1C=C(C(=O)c2ccc(F)cc2)c2ccccc2C1=O. The average Bonchev–Trinajstić information content (AvgIpc) is 2.51. The smallest absolute Gasteiger partial charge is 0.233 e. The first kappa shape index (κ1) is 13.1. The third kappa shape index (κ3) is 2.21. The molecule has 21 heavy (non-hydrogen) atoms. The lowest BCUT2D eigenvalue weighted by molar-refractivity contribution is -0.111. The fraction of sp³-hybridized carbons (Fsp3) is 0. The number of carbonyl (C=O) groups is 3. The van der Waals surface area contributed by atoms with Crippen LogP contribution in [0.2, 0.25) is 0 Å². The first-order valence-electron chi connectivity index (χ1n) is 6.28. The van der Waals surface area contributed by atoms with Crippen LogP contribution in [0.25, 0.3) is 5.57 Å². The van der Waals surface area contributed by atoms with Crippen LogP contribution in [0.5, 0.6) is 0 Å². The van der Waals surface area contributed by atoms with Crippen LogP contribution in [0.1, 0.15) is 26.3 Å². The largest absolute Gasteiger partial charge is 0.289 e. The lowest BCUT2D eigenvalue weighted by Gasteiger charge is -2.15. The Hall–Kier alpha value is -2.88. The monoisotopic (exact) mass is 280 g/mol. The van der Waals surface area contributed by atoms with E-state index in [2.05, 4.69) is 0 Å². The molecule has 2 aromatic carbocycles. The molecular weight excluding hydrogens is 271 g/mol. The number of hydrogen-bond donors (Lipinski definition) is 0. The first-order valence-corrected chi connectivity index (χ1v) is 6.28. The van der Waals surface area contributed by atoms with Crippen LogP contribution in [-0.4, -0.2) is 17.3 Å². The second-order valence-corrected chi connectivity index (χ2v) is 4.63. The highest BCUT2D eigenvalue weighted by molar-refractivity contribution is 6.54. The number of fused-ring (bicyclic) bond motifs is 1. The van der Waals surface area contributed by atoms with E-state index in [1.807, 2.05) is 0 Å². The molecule has 0 saturated carbocycles. The minimum Gasteiger partial charge on any atom is -0.289 e. The summed E-state index contributed by atoms with van der Waals surface area (Å²) in [5.74, 6) is -2.21. The van der Waals surface area contributed by atoms with Crippen molar-refractivity contribution in [1.82, 2.24) is 0 Å². The van der Waals surface area contributed by atoms with Gasteiger partial charge in [-0.25, -0.2) is 4.39 Å². The van der Waals surface area contributed by atoms with Gasteiger partial charge in [0, 0.05) is 22.8 Å². The number of hydrogen-bond acceptors (Lipinski definition) is 3. The Morgan fingerprint density at radius 3 is 2.14 bits per heavy atom. The Labute approximate surface area is 119 Å². The number of rotatable bonds is 2. The van der Waals surface area contributed by atoms with Gasteiger partial charge in [-0.1, -0.05) is 24.3 Å². The Morgan fingerprint density at radius 2 is 1.48 bits per heavy atom. The molecule has 1 aliphatic rings. The zero-order valence-electron chi connectivity index (χ0n) is 10.8. The first-order chi connectivity index (χ1) is 10.1.